The third-order valence-corrected chi connectivity index (χ3v) is 4.52. The van der Waals surface area contributed by atoms with Crippen LogP contribution in [-0.4, -0.2) is 24.6 Å². The molecule has 0 unspecified atom stereocenters. The zero-order valence-electron chi connectivity index (χ0n) is 14.7. The number of hydrogen-bond acceptors (Lipinski definition) is 5. The number of aryl methyl sites for hydroxylation is 2. The molecule has 0 bridgehead atoms. The lowest BCUT2D eigenvalue weighted by Crippen LogP contribution is -2.54. The number of imide groups is 2. The fraction of sp³-hybridized carbons (Fsp3) is 0.150. The number of anilines is 1. The lowest BCUT2D eigenvalue weighted by molar-refractivity contribution is -0.122. The van der Waals surface area contributed by atoms with Crippen molar-refractivity contribution in [3.63, 3.8) is 0 Å². The summed E-state index contributed by atoms with van der Waals surface area (Å²) in [5.74, 6) is -0.240. The van der Waals surface area contributed by atoms with Crippen LogP contribution in [0, 0.1) is 13.8 Å². The fourth-order valence-corrected chi connectivity index (χ4v) is 3.06. The van der Waals surface area contributed by atoms with E-state index in [9.17, 15) is 14.4 Å². The Labute approximate surface area is 155 Å². The van der Waals surface area contributed by atoms with Crippen molar-refractivity contribution >= 4 is 29.6 Å². The van der Waals surface area contributed by atoms with Gasteiger partial charge in [-0.1, -0.05) is 18.2 Å². The van der Waals surface area contributed by atoms with Gasteiger partial charge in [-0.3, -0.25) is 14.9 Å². The lowest BCUT2D eigenvalue weighted by atomic mass is 10.0. The molecule has 2 heterocycles. The first-order valence-corrected chi connectivity index (χ1v) is 8.33. The number of fused-ring (bicyclic) bond motifs is 1. The zero-order valence-corrected chi connectivity index (χ0v) is 14.7. The molecule has 0 radical (unpaired) electrons. The number of barbiturate groups is 1. The van der Waals surface area contributed by atoms with Gasteiger partial charge in [0.2, 0.25) is 6.79 Å². The van der Waals surface area contributed by atoms with Gasteiger partial charge >= 0.3 is 6.03 Å². The van der Waals surface area contributed by atoms with Gasteiger partial charge < -0.3 is 9.47 Å². The van der Waals surface area contributed by atoms with Gasteiger partial charge in [0.15, 0.2) is 11.5 Å². The number of benzene rings is 2. The number of carbonyl (C=O) groups excluding carboxylic acids is 3. The van der Waals surface area contributed by atoms with Crippen molar-refractivity contribution < 1.29 is 23.9 Å². The molecule has 0 aliphatic carbocycles. The second kappa shape index (κ2) is 6.28. The predicted octanol–water partition coefficient (Wildman–Crippen LogP) is 2.70. The molecule has 1 saturated heterocycles. The summed E-state index contributed by atoms with van der Waals surface area (Å²) < 4.78 is 10.7. The van der Waals surface area contributed by atoms with Crippen molar-refractivity contribution in [2.45, 2.75) is 13.8 Å². The second-order valence-electron chi connectivity index (χ2n) is 6.31. The van der Waals surface area contributed by atoms with Crippen molar-refractivity contribution in [1.29, 1.82) is 0 Å². The van der Waals surface area contributed by atoms with Crippen molar-refractivity contribution in [1.82, 2.24) is 5.32 Å². The van der Waals surface area contributed by atoms with Gasteiger partial charge in [0.25, 0.3) is 11.8 Å². The molecule has 136 valence electrons. The van der Waals surface area contributed by atoms with E-state index in [2.05, 4.69) is 5.32 Å². The van der Waals surface area contributed by atoms with Crippen LogP contribution in [0.1, 0.15) is 16.7 Å². The van der Waals surface area contributed by atoms with Crippen LogP contribution >= 0.6 is 0 Å². The minimum atomic E-state index is -0.765. The molecule has 2 aromatic carbocycles. The second-order valence-corrected chi connectivity index (χ2v) is 6.31. The highest BCUT2D eigenvalue weighted by atomic mass is 16.7. The summed E-state index contributed by atoms with van der Waals surface area (Å²) >= 11 is 0. The Kier molecular flexibility index (Phi) is 3.92. The summed E-state index contributed by atoms with van der Waals surface area (Å²) in [6.07, 6.45) is 1.46. The number of urea groups is 1. The number of rotatable bonds is 2. The molecule has 0 spiro atoms. The van der Waals surface area contributed by atoms with Crippen LogP contribution in [0.25, 0.3) is 6.08 Å². The number of carbonyl (C=O) groups is 3. The van der Waals surface area contributed by atoms with E-state index in [0.29, 0.717) is 22.7 Å². The van der Waals surface area contributed by atoms with E-state index in [4.69, 9.17) is 9.47 Å². The zero-order chi connectivity index (χ0) is 19.1. The molecule has 1 N–H and O–H groups in total. The molecule has 2 aliphatic heterocycles. The van der Waals surface area contributed by atoms with E-state index < -0.39 is 17.8 Å². The maximum atomic E-state index is 13.0. The van der Waals surface area contributed by atoms with Crippen LogP contribution in [0.2, 0.25) is 0 Å². The number of amides is 4. The summed E-state index contributed by atoms with van der Waals surface area (Å²) in [6, 6.07) is 9.71. The summed E-state index contributed by atoms with van der Waals surface area (Å²) in [4.78, 5) is 38.6. The van der Waals surface area contributed by atoms with Crippen LogP contribution in [0.15, 0.2) is 42.0 Å². The van der Waals surface area contributed by atoms with E-state index >= 15 is 0 Å². The quantitative estimate of drug-likeness (QED) is 0.654. The van der Waals surface area contributed by atoms with Crippen molar-refractivity contribution in [2.75, 3.05) is 11.7 Å². The SMILES string of the molecule is Cc1cc2c(cc1/C=C1\C(=O)NC(=O)N(c3ccccc3C)C1=O)OCO2. The maximum Gasteiger partial charge on any atom is 0.335 e. The Morgan fingerprint density at radius 3 is 2.44 bits per heavy atom. The topological polar surface area (TPSA) is 84.9 Å². The average molecular weight is 364 g/mol. The molecule has 1 fully saturated rings. The maximum absolute atomic E-state index is 13.0. The predicted molar refractivity (Wildman–Crippen MR) is 97.5 cm³/mol. The first kappa shape index (κ1) is 16.8. The van der Waals surface area contributed by atoms with Crippen molar-refractivity contribution in [3.05, 3.63) is 58.7 Å². The van der Waals surface area contributed by atoms with E-state index in [1.165, 1.54) is 6.08 Å². The Hall–Kier alpha value is -3.61. The molecule has 0 aromatic heterocycles. The molecule has 4 rings (SSSR count). The Balaban J connectivity index is 1.77. The van der Waals surface area contributed by atoms with Gasteiger partial charge in [-0.25, -0.2) is 9.69 Å². The molecule has 0 saturated carbocycles. The molecule has 27 heavy (non-hydrogen) atoms. The smallest absolute Gasteiger partial charge is 0.335 e. The van der Waals surface area contributed by atoms with Gasteiger partial charge in [-0.15, -0.1) is 0 Å². The Morgan fingerprint density at radius 2 is 1.70 bits per heavy atom. The largest absolute Gasteiger partial charge is 0.454 e. The number of hydrogen-bond donors (Lipinski definition) is 1. The van der Waals surface area contributed by atoms with E-state index in [1.807, 2.05) is 13.0 Å². The van der Waals surface area contributed by atoms with Gasteiger partial charge in [0, 0.05) is 0 Å². The summed E-state index contributed by atoms with van der Waals surface area (Å²) in [6.45, 7) is 3.76. The molecular formula is C20H16N2O5. The highest BCUT2D eigenvalue weighted by Gasteiger charge is 2.37. The van der Waals surface area contributed by atoms with Gasteiger partial charge in [-0.05, 0) is 54.8 Å². The average Bonchev–Trinajstić information content (AvgIpc) is 3.07. The minimum Gasteiger partial charge on any atom is -0.454 e. The highest BCUT2D eigenvalue weighted by Crippen LogP contribution is 2.35. The number of nitrogens with one attached hydrogen (secondary N) is 1. The van der Waals surface area contributed by atoms with E-state index in [-0.39, 0.29) is 12.4 Å². The monoisotopic (exact) mass is 364 g/mol. The summed E-state index contributed by atoms with van der Waals surface area (Å²) in [5.41, 5.74) is 2.50. The summed E-state index contributed by atoms with van der Waals surface area (Å²) in [7, 11) is 0. The third-order valence-electron chi connectivity index (χ3n) is 4.52. The van der Waals surface area contributed by atoms with E-state index in [1.54, 1.807) is 37.3 Å². The first-order chi connectivity index (χ1) is 13.0. The lowest BCUT2D eigenvalue weighted by Gasteiger charge is -2.27. The van der Waals surface area contributed by atoms with E-state index in [0.717, 1.165) is 16.0 Å². The third kappa shape index (κ3) is 2.83. The molecule has 7 heteroatoms. The number of para-hydroxylation sites is 1. The molecule has 4 amide bonds. The Morgan fingerprint density at radius 1 is 1.00 bits per heavy atom. The van der Waals surface area contributed by atoms with Crippen molar-refractivity contribution in [2.24, 2.45) is 0 Å². The molecule has 0 atom stereocenters. The van der Waals surface area contributed by atoms with Crippen LogP contribution in [0.3, 0.4) is 0 Å². The highest BCUT2D eigenvalue weighted by molar-refractivity contribution is 6.39. The normalized spacial score (nSPS) is 17.5. The number of nitrogens with zero attached hydrogens (tertiary/aromatic N) is 1. The molecule has 2 aromatic rings. The van der Waals surface area contributed by atoms with Crippen LogP contribution in [0.4, 0.5) is 10.5 Å². The molecular weight excluding hydrogens is 348 g/mol. The Bertz CT molecular complexity index is 1030. The molecule has 2 aliphatic rings. The van der Waals surface area contributed by atoms with Gasteiger partial charge in [-0.2, -0.15) is 0 Å². The molecule has 7 nitrogen and oxygen atoms in total. The minimum absolute atomic E-state index is 0.125. The van der Waals surface area contributed by atoms with Gasteiger partial charge in [0.1, 0.15) is 5.57 Å². The van der Waals surface area contributed by atoms with Crippen LogP contribution in [0.5, 0.6) is 11.5 Å². The van der Waals surface area contributed by atoms with Gasteiger partial charge in [0.05, 0.1) is 5.69 Å². The summed E-state index contributed by atoms with van der Waals surface area (Å²) in [5, 5.41) is 2.23. The van der Waals surface area contributed by atoms with Crippen molar-refractivity contribution in [3.8, 4) is 11.5 Å². The standard InChI is InChI=1S/C20H16N2O5/c1-11-5-3-4-6-15(11)22-19(24)14(18(23)21-20(22)25)8-13-9-17-16(7-12(13)2)26-10-27-17/h3-9H,10H2,1-2H3,(H,21,23,25)/b14-8+. The van der Waals surface area contributed by atoms with Crippen LogP contribution in [-0.2, 0) is 9.59 Å². The first-order valence-electron chi connectivity index (χ1n) is 8.33. The van der Waals surface area contributed by atoms with Crippen LogP contribution < -0.4 is 19.7 Å². The fourth-order valence-electron chi connectivity index (χ4n) is 3.06. The number of ether oxygens (including phenoxy) is 2.